The number of ether oxygens (including phenoxy) is 1. The summed E-state index contributed by atoms with van der Waals surface area (Å²) >= 11 is 0. The van der Waals surface area contributed by atoms with Crippen LogP contribution in [0.15, 0.2) is 12.2 Å². The minimum absolute atomic E-state index is 0.217. The average molecular weight is 563 g/mol. The Balaban J connectivity index is 3.70. The maximum atomic E-state index is 11.9. The maximum Gasteiger partial charge on any atom is 0.333 e. The van der Waals surface area contributed by atoms with Crippen molar-refractivity contribution in [2.45, 2.75) is 213 Å². The van der Waals surface area contributed by atoms with E-state index in [1.54, 1.807) is 6.92 Å². The van der Waals surface area contributed by atoms with Gasteiger partial charge in [-0.2, -0.15) is 0 Å². The highest BCUT2D eigenvalue weighted by Gasteiger charge is 2.12. The molecule has 0 fully saturated rings. The molecule has 1 unspecified atom stereocenters. The zero-order valence-electron chi connectivity index (χ0n) is 28.0. The van der Waals surface area contributed by atoms with Gasteiger partial charge in [0.1, 0.15) is 0 Å². The Bertz CT molecular complexity index is 526. The molecule has 0 radical (unpaired) electrons. The van der Waals surface area contributed by atoms with Crippen molar-refractivity contribution >= 4 is 5.97 Å². The molecule has 0 rings (SSSR count). The van der Waals surface area contributed by atoms with Crippen LogP contribution in [0.25, 0.3) is 0 Å². The summed E-state index contributed by atoms with van der Waals surface area (Å²) < 4.78 is 5.56. The highest BCUT2D eigenvalue weighted by atomic mass is 16.5. The van der Waals surface area contributed by atoms with Gasteiger partial charge in [0, 0.05) is 5.57 Å². The molecule has 2 nitrogen and oxygen atoms in total. The molecule has 0 amide bonds. The van der Waals surface area contributed by atoms with Crippen LogP contribution in [0.1, 0.15) is 213 Å². The van der Waals surface area contributed by atoms with E-state index in [0.29, 0.717) is 18.1 Å². The molecule has 0 aliphatic heterocycles. The molecule has 0 aliphatic rings. The van der Waals surface area contributed by atoms with Crippen molar-refractivity contribution in [2.75, 3.05) is 6.61 Å². The van der Waals surface area contributed by atoms with Crippen molar-refractivity contribution in [3.63, 3.8) is 0 Å². The SMILES string of the molecule is C=C(C)C(=O)OCC(CCCCCCCCCCCC)CCCCCCCCCCCCCCCCCCCC. The molecule has 40 heavy (non-hydrogen) atoms. The smallest absolute Gasteiger partial charge is 0.333 e. The zero-order valence-corrected chi connectivity index (χ0v) is 28.0. The zero-order chi connectivity index (χ0) is 29.4. The molecule has 2 heteroatoms. The number of unbranched alkanes of at least 4 members (excludes halogenated alkanes) is 26. The number of esters is 1. The Morgan fingerprint density at radius 2 is 0.725 bits per heavy atom. The molecular formula is C38H74O2. The summed E-state index contributed by atoms with van der Waals surface area (Å²) in [4.78, 5) is 11.9. The number of carbonyl (C=O) groups is 1. The van der Waals surface area contributed by atoms with Crippen molar-refractivity contribution in [3.05, 3.63) is 12.2 Å². The predicted octanol–water partition coefficient (Wildman–Crippen LogP) is 13.5. The third kappa shape index (κ3) is 30.2. The van der Waals surface area contributed by atoms with E-state index in [1.807, 2.05) is 0 Å². The number of hydrogen-bond donors (Lipinski definition) is 0. The minimum atomic E-state index is -0.217. The lowest BCUT2D eigenvalue weighted by Crippen LogP contribution is -2.15. The molecule has 0 N–H and O–H groups in total. The van der Waals surface area contributed by atoms with Gasteiger partial charge in [0.15, 0.2) is 0 Å². The van der Waals surface area contributed by atoms with E-state index in [-0.39, 0.29) is 5.97 Å². The highest BCUT2D eigenvalue weighted by Crippen LogP contribution is 2.21. The van der Waals surface area contributed by atoms with Crippen LogP contribution in [0.5, 0.6) is 0 Å². The first-order chi connectivity index (χ1) is 19.6. The van der Waals surface area contributed by atoms with Gasteiger partial charge in [0.05, 0.1) is 6.61 Å². The maximum absolute atomic E-state index is 11.9. The first kappa shape index (κ1) is 39.2. The van der Waals surface area contributed by atoms with Gasteiger partial charge in [-0.1, -0.05) is 200 Å². The fraction of sp³-hybridized carbons (Fsp3) is 0.921. The molecule has 0 spiro atoms. The van der Waals surface area contributed by atoms with Crippen molar-refractivity contribution in [1.82, 2.24) is 0 Å². The third-order valence-corrected chi connectivity index (χ3v) is 8.73. The molecule has 0 saturated heterocycles. The summed E-state index contributed by atoms with van der Waals surface area (Å²) in [5, 5.41) is 0. The van der Waals surface area contributed by atoms with Crippen LogP contribution in [0.4, 0.5) is 0 Å². The molecule has 0 heterocycles. The molecule has 0 aromatic rings. The second-order valence-corrected chi connectivity index (χ2v) is 13.0. The van der Waals surface area contributed by atoms with Gasteiger partial charge < -0.3 is 4.74 Å². The summed E-state index contributed by atoms with van der Waals surface area (Å²) in [6.07, 6.45) is 41.7. The van der Waals surface area contributed by atoms with Crippen molar-refractivity contribution in [1.29, 1.82) is 0 Å². The Labute approximate surface area is 253 Å². The van der Waals surface area contributed by atoms with E-state index >= 15 is 0 Å². The second kappa shape index (κ2) is 32.7. The summed E-state index contributed by atoms with van der Waals surface area (Å²) in [6, 6.07) is 0. The Kier molecular flexibility index (Phi) is 32.1. The van der Waals surface area contributed by atoms with Crippen molar-refractivity contribution in [2.24, 2.45) is 5.92 Å². The molecule has 238 valence electrons. The monoisotopic (exact) mass is 563 g/mol. The van der Waals surface area contributed by atoms with E-state index in [4.69, 9.17) is 4.74 Å². The van der Waals surface area contributed by atoms with E-state index < -0.39 is 0 Å². The first-order valence-corrected chi connectivity index (χ1v) is 18.4. The van der Waals surface area contributed by atoms with E-state index in [2.05, 4.69) is 20.4 Å². The van der Waals surface area contributed by atoms with Crippen LogP contribution in [0.3, 0.4) is 0 Å². The molecule has 0 saturated carbocycles. The number of hydrogen-bond acceptors (Lipinski definition) is 2. The fourth-order valence-corrected chi connectivity index (χ4v) is 5.88. The Morgan fingerprint density at radius 1 is 0.475 bits per heavy atom. The van der Waals surface area contributed by atoms with Crippen LogP contribution < -0.4 is 0 Å². The van der Waals surface area contributed by atoms with Crippen molar-refractivity contribution < 1.29 is 9.53 Å². The third-order valence-electron chi connectivity index (χ3n) is 8.73. The normalized spacial score (nSPS) is 12.1. The quantitative estimate of drug-likeness (QED) is 0.0451. The number of rotatable bonds is 33. The van der Waals surface area contributed by atoms with Crippen LogP contribution >= 0.6 is 0 Å². The van der Waals surface area contributed by atoms with E-state index in [9.17, 15) is 4.79 Å². The van der Waals surface area contributed by atoms with Gasteiger partial charge >= 0.3 is 5.97 Å². The summed E-state index contributed by atoms with van der Waals surface area (Å²) in [5.74, 6) is 0.310. The second-order valence-electron chi connectivity index (χ2n) is 13.0. The number of carbonyl (C=O) groups excluding carboxylic acids is 1. The van der Waals surface area contributed by atoms with Crippen LogP contribution in [-0.4, -0.2) is 12.6 Å². The van der Waals surface area contributed by atoms with E-state index in [0.717, 1.165) is 0 Å². The highest BCUT2D eigenvalue weighted by molar-refractivity contribution is 5.86. The largest absolute Gasteiger partial charge is 0.462 e. The topological polar surface area (TPSA) is 26.3 Å². The summed E-state index contributed by atoms with van der Waals surface area (Å²) in [5.41, 5.74) is 0.519. The average Bonchev–Trinajstić information content (AvgIpc) is 2.95. The predicted molar refractivity (Wildman–Crippen MR) is 179 cm³/mol. The summed E-state index contributed by atoms with van der Waals surface area (Å²) in [6.45, 7) is 10.7. The molecule has 0 aromatic carbocycles. The Hall–Kier alpha value is -0.790. The standard InChI is InChI=1S/C38H74O2/c1-5-7-9-11-13-15-17-18-19-20-21-22-23-24-26-28-30-32-34-37(35-40-38(39)36(3)4)33-31-29-27-25-16-14-12-10-8-6-2/h37H,3,5-35H2,1-2,4H3. The lowest BCUT2D eigenvalue weighted by molar-refractivity contribution is -0.140. The van der Waals surface area contributed by atoms with Crippen molar-refractivity contribution in [3.8, 4) is 0 Å². The van der Waals surface area contributed by atoms with Crippen LogP contribution in [0, 0.1) is 5.92 Å². The molecule has 0 bridgehead atoms. The van der Waals surface area contributed by atoms with Crippen LogP contribution in [0.2, 0.25) is 0 Å². The molecular weight excluding hydrogens is 488 g/mol. The first-order valence-electron chi connectivity index (χ1n) is 18.4. The lowest BCUT2D eigenvalue weighted by atomic mass is 9.94. The van der Waals surface area contributed by atoms with Gasteiger partial charge in [-0.05, 0) is 25.7 Å². The lowest BCUT2D eigenvalue weighted by Gasteiger charge is -2.17. The summed E-state index contributed by atoms with van der Waals surface area (Å²) in [7, 11) is 0. The van der Waals surface area contributed by atoms with Crippen LogP contribution in [-0.2, 0) is 9.53 Å². The van der Waals surface area contributed by atoms with Gasteiger partial charge in [0.2, 0.25) is 0 Å². The molecule has 0 aliphatic carbocycles. The van der Waals surface area contributed by atoms with Gasteiger partial charge in [-0.25, -0.2) is 4.79 Å². The fourth-order valence-electron chi connectivity index (χ4n) is 5.88. The van der Waals surface area contributed by atoms with E-state index in [1.165, 1.54) is 193 Å². The molecule has 0 aromatic heterocycles. The van der Waals surface area contributed by atoms with Gasteiger partial charge in [0.25, 0.3) is 0 Å². The molecule has 1 atom stereocenters. The minimum Gasteiger partial charge on any atom is -0.462 e. The van der Waals surface area contributed by atoms with Gasteiger partial charge in [-0.3, -0.25) is 0 Å². The Morgan fingerprint density at radius 3 is 0.975 bits per heavy atom. The van der Waals surface area contributed by atoms with Gasteiger partial charge in [-0.15, -0.1) is 0 Å².